The third-order valence-electron chi connectivity index (χ3n) is 3.82. The molecule has 0 aliphatic carbocycles. The Balaban J connectivity index is 2.07. The van der Waals surface area contributed by atoms with Gasteiger partial charge in [-0.05, 0) is 44.2 Å². The van der Waals surface area contributed by atoms with Gasteiger partial charge in [-0.25, -0.2) is 0 Å². The molecule has 4 heteroatoms. The van der Waals surface area contributed by atoms with Crippen LogP contribution in [-0.4, -0.2) is 23.9 Å². The van der Waals surface area contributed by atoms with Crippen LogP contribution in [0.3, 0.4) is 0 Å². The molecule has 1 aliphatic heterocycles. The minimum atomic E-state index is -0.670. The molecule has 2 unspecified atom stereocenters. The predicted molar refractivity (Wildman–Crippen MR) is 89.7 cm³/mol. The Labute approximate surface area is 136 Å². The van der Waals surface area contributed by atoms with Gasteiger partial charge in [0.2, 0.25) is 0 Å². The lowest BCUT2D eigenvalue weighted by Gasteiger charge is -2.28. The Kier molecular flexibility index (Phi) is 5.69. The molecule has 0 bridgehead atoms. The summed E-state index contributed by atoms with van der Waals surface area (Å²) in [6.07, 6.45) is 2.86. The molecule has 0 saturated heterocycles. The van der Waals surface area contributed by atoms with Gasteiger partial charge in [-0.2, -0.15) is 0 Å². The van der Waals surface area contributed by atoms with Crippen molar-refractivity contribution in [2.75, 3.05) is 13.2 Å². The number of aliphatic hydroxyl groups is 1. The van der Waals surface area contributed by atoms with Gasteiger partial charge in [0.1, 0.15) is 5.75 Å². The van der Waals surface area contributed by atoms with E-state index in [9.17, 15) is 5.11 Å². The second-order valence-corrected chi connectivity index (χ2v) is 7.62. The Morgan fingerprint density at radius 1 is 1.48 bits per heavy atom. The third-order valence-corrected chi connectivity index (χ3v) is 4.32. The zero-order chi connectivity index (χ0) is 15.5. The van der Waals surface area contributed by atoms with Crippen molar-refractivity contribution in [2.45, 2.75) is 51.7 Å². The van der Waals surface area contributed by atoms with Crippen LogP contribution in [0.4, 0.5) is 0 Å². The summed E-state index contributed by atoms with van der Waals surface area (Å²) in [4.78, 5) is 0. The second kappa shape index (κ2) is 7.12. The average Bonchev–Trinajstić information content (AvgIpc) is 2.56. The third kappa shape index (κ3) is 4.97. The summed E-state index contributed by atoms with van der Waals surface area (Å²) in [5, 5.41) is 14.0. The first-order valence-corrected chi connectivity index (χ1v) is 8.55. The Bertz CT molecular complexity index is 474. The minimum Gasteiger partial charge on any atom is -0.493 e. The lowest BCUT2D eigenvalue weighted by Crippen LogP contribution is -2.40. The van der Waals surface area contributed by atoms with Gasteiger partial charge in [-0.15, -0.1) is 0 Å². The molecule has 0 aromatic heterocycles. The zero-order valence-electron chi connectivity index (χ0n) is 13.2. The molecular formula is C17H26BrNO2. The summed E-state index contributed by atoms with van der Waals surface area (Å²) in [6, 6.07) is 6.43. The van der Waals surface area contributed by atoms with Crippen LogP contribution in [-0.2, 0) is 0 Å². The smallest absolute Gasteiger partial charge is 0.125 e. The van der Waals surface area contributed by atoms with Crippen molar-refractivity contribution >= 4 is 15.9 Å². The molecule has 0 amide bonds. The molecule has 2 N–H and O–H groups in total. The molecule has 118 valence electrons. The van der Waals surface area contributed by atoms with Crippen LogP contribution in [0.2, 0.25) is 0 Å². The molecule has 3 nitrogen and oxygen atoms in total. The molecule has 2 rings (SSSR count). The monoisotopic (exact) mass is 355 g/mol. The number of ether oxygens (including phenoxy) is 1. The zero-order valence-corrected chi connectivity index (χ0v) is 14.7. The summed E-state index contributed by atoms with van der Waals surface area (Å²) in [5.41, 5.74) is 0.521. The van der Waals surface area contributed by atoms with Crippen molar-refractivity contribution in [1.29, 1.82) is 0 Å². The van der Waals surface area contributed by atoms with Crippen molar-refractivity contribution in [3.63, 3.8) is 0 Å². The van der Waals surface area contributed by atoms with Crippen molar-refractivity contribution in [1.82, 2.24) is 5.32 Å². The summed E-state index contributed by atoms with van der Waals surface area (Å²) < 4.78 is 6.86. The van der Waals surface area contributed by atoms with Crippen molar-refractivity contribution < 1.29 is 9.84 Å². The van der Waals surface area contributed by atoms with E-state index >= 15 is 0 Å². The van der Waals surface area contributed by atoms with Crippen LogP contribution in [0, 0.1) is 5.92 Å². The highest BCUT2D eigenvalue weighted by atomic mass is 79.9. The first-order chi connectivity index (χ1) is 9.87. The van der Waals surface area contributed by atoms with Gasteiger partial charge in [0.25, 0.3) is 0 Å². The Hall–Kier alpha value is -0.580. The van der Waals surface area contributed by atoms with Crippen molar-refractivity contribution in [2.24, 2.45) is 5.92 Å². The van der Waals surface area contributed by atoms with Gasteiger partial charge >= 0.3 is 0 Å². The standard InChI is InChI=1S/C17H26BrNO2/c1-12(2)10-17(3,20)11-19-15-5-4-8-21-16-9-13(18)6-7-14(15)16/h6-7,9,12,15,19-20H,4-5,8,10-11H2,1-3H3. The van der Waals surface area contributed by atoms with Crippen LogP contribution in [0.15, 0.2) is 22.7 Å². The second-order valence-electron chi connectivity index (χ2n) is 6.70. The largest absolute Gasteiger partial charge is 0.493 e. The molecule has 0 saturated carbocycles. The fraction of sp³-hybridized carbons (Fsp3) is 0.647. The molecule has 1 aliphatic rings. The summed E-state index contributed by atoms with van der Waals surface area (Å²) in [5.74, 6) is 1.44. The number of benzene rings is 1. The van der Waals surface area contributed by atoms with E-state index in [0.29, 0.717) is 12.5 Å². The maximum Gasteiger partial charge on any atom is 0.125 e. The highest BCUT2D eigenvalue weighted by Gasteiger charge is 2.25. The molecule has 0 spiro atoms. The van der Waals surface area contributed by atoms with Crippen LogP contribution in [0.25, 0.3) is 0 Å². The summed E-state index contributed by atoms with van der Waals surface area (Å²) in [6.45, 7) is 7.55. The number of halogens is 1. The van der Waals surface area contributed by atoms with Crippen LogP contribution < -0.4 is 10.1 Å². The quantitative estimate of drug-likeness (QED) is 0.836. The van der Waals surface area contributed by atoms with E-state index in [-0.39, 0.29) is 6.04 Å². The highest BCUT2D eigenvalue weighted by molar-refractivity contribution is 9.10. The van der Waals surface area contributed by atoms with E-state index in [1.54, 1.807) is 0 Å². The van der Waals surface area contributed by atoms with E-state index in [4.69, 9.17) is 4.74 Å². The molecule has 2 atom stereocenters. The fourth-order valence-electron chi connectivity index (χ4n) is 3.05. The molecule has 1 heterocycles. The number of hydrogen-bond donors (Lipinski definition) is 2. The number of hydrogen-bond acceptors (Lipinski definition) is 3. The molecule has 1 aromatic rings. The molecule has 21 heavy (non-hydrogen) atoms. The van der Waals surface area contributed by atoms with Crippen LogP contribution >= 0.6 is 15.9 Å². The van der Waals surface area contributed by atoms with Crippen molar-refractivity contribution in [3.8, 4) is 5.75 Å². The fourth-order valence-corrected chi connectivity index (χ4v) is 3.39. The Morgan fingerprint density at radius 2 is 2.24 bits per heavy atom. The van der Waals surface area contributed by atoms with E-state index < -0.39 is 5.60 Å². The van der Waals surface area contributed by atoms with E-state index in [1.807, 2.05) is 13.0 Å². The Morgan fingerprint density at radius 3 is 2.95 bits per heavy atom. The van der Waals surface area contributed by atoms with E-state index in [2.05, 4.69) is 47.2 Å². The SMILES string of the molecule is CC(C)CC(C)(O)CNC1CCCOc2cc(Br)ccc21. The summed E-state index contributed by atoms with van der Waals surface area (Å²) >= 11 is 3.49. The normalized spacial score (nSPS) is 21.3. The lowest BCUT2D eigenvalue weighted by molar-refractivity contribution is 0.0356. The maximum absolute atomic E-state index is 10.5. The first kappa shape index (κ1) is 16.8. The first-order valence-electron chi connectivity index (χ1n) is 7.75. The topological polar surface area (TPSA) is 41.5 Å². The minimum absolute atomic E-state index is 0.245. The van der Waals surface area contributed by atoms with Gasteiger partial charge in [-0.3, -0.25) is 0 Å². The van der Waals surface area contributed by atoms with Crippen LogP contribution in [0.1, 0.15) is 51.6 Å². The predicted octanol–water partition coefficient (Wildman–Crippen LogP) is 4.05. The van der Waals surface area contributed by atoms with E-state index in [1.165, 1.54) is 5.56 Å². The van der Waals surface area contributed by atoms with Gasteiger partial charge in [0.05, 0.1) is 12.2 Å². The van der Waals surface area contributed by atoms with Gasteiger partial charge < -0.3 is 15.2 Å². The molecule has 1 aromatic carbocycles. The number of rotatable bonds is 5. The molecule has 0 radical (unpaired) electrons. The maximum atomic E-state index is 10.5. The van der Waals surface area contributed by atoms with Gasteiger partial charge in [0, 0.05) is 22.6 Å². The number of fused-ring (bicyclic) bond motifs is 1. The summed E-state index contributed by atoms with van der Waals surface area (Å²) in [7, 11) is 0. The van der Waals surface area contributed by atoms with Gasteiger partial charge in [0.15, 0.2) is 0 Å². The van der Waals surface area contributed by atoms with Crippen LogP contribution in [0.5, 0.6) is 5.75 Å². The van der Waals surface area contributed by atoms with Crippen molar-refractivity contribution in [3.05, 3.63) is 28.2 Å². The lowest BCUT2D eigenvalue weighted by atomic mass is 9.93. The highest BCUT2D eigenvalue weighted by Crippen LogP contribution is 2.34. The van der Waals surface area contributed by atoms with E-state index in [0.717, 1.165) is 36.1 Å². The average molecular weight is 356 g/mol. The number of nitrogens with one attached hydrogen (secondary N) is 1. The molecular weight excluding hydrogens is 330 g/mol. The van der Waals surface area contributed by atoms with Gasteiger partial charge in [-0.1, -0.05) is 35.8 Å². The molecule has 0 fully saturated rings.